The molecule has 0 aliphatic carbocycles. The third kappa shape index (κ3) is 3.20. The molecule has 0 aliphatic heterocycles. The topological polar surface area (TPSA) is 53.4 Å². The Kier molecular flexibility index (Phi) is 4.30. The van der Waals surface area contributed by atoms with Crippen molar-refractivity contribution in [1.82, 2.24) is 9.78 Å². The predicted molar refractivity (Wildman–Crippen MR) is 71.4 cm³/mol. The molecule has 0 amide bonds. The van der Waals surface area contributed by atoms with E-state index < -0.39 is 0 Å². The molecule has 2 rings (SSSR count). The first-order chi connectivity index (χ1) is 9.24. The number of aromatic nitrogens is 2. The van der Waals surface area contributed by atoms with Gasteiger partial charge in [-0.05, 0) is 24.3 Å². The lowest BCUT2D eigenvalue weighted by atomic mass is 10.1. The first-order valence-corrected chi connectivity index (χ1v) is 5.95. The SMILES string of the molecule is COCCOc1ccc(-c2nn(C)cc2C=O)cc1. The predicted octanol–water partition coefficient (Wildman–Crippen LogP) is 1.92. The second-order valence-electron chi connectivity index (χ2n) is 4.09. The van der Waals surface area contributed by atoms with E-state index in [4.69, 9.17) is 9.47 Å². The van der Waals surface area contributed by atoms with E-state index in [2.05, 4.69) is 5.10 Å². The number of rotatable bonds is 6. The van der Waals surface area contributed by atoms with Gasteiger partial charge in [-0.2, -0.15) is 5.10 Å². The number of benzene rings is 1. The van der Waals surface area contributed by atoms with E-state index >= 15 is 0 Å². The molecular weight excluding hydrogens is 244 g/mol. The lowest BCUT2D eigenvalue weighted by Gasteiger charge is -2.06. The summed E-state index contributed by atoms with van der Waals surface area (Å²) < 4.78 is 12.0. The third-order valence-electron chi connectivity index (χ3n) is 2.67. The maximum Gasteiger partial charge on any atom is 0.153 e. The van der Waals surface area contributed by atoms with E-state index in [9.17, 15) is 4.79 Å². The molecule has 0 spiro atoms. The van der Waals surface area contributed by atoms with Crippen LogP contribution in [0.5, 0.6) is 5.75 Å². The van der Waals surface area contributed by atoms with Gasteiger partial charge in [-0.1, -0.05) is 0 Å². The number of carbonyl (C=O) groups is 1. The van der Waals surface area contributed by atoms with Crippen LogP contribution in [-0.4, -0.2) is 36.4 Å². The molecular formula is C14H16N2O3. The molecule has 0 aliphatic rings. The summed E-state index contributed by atoms with van der Waals surface area (Å²) >= 11 is 0. The van der Waals surface area contributed by atoms with Crippen molar-refractivity contribution >= 4 is 6.29 Å². The summed E-state index contributed by atoms with van der Waals surface area (Å²) in [6.07, 6.45) is 2.51. The zero-order valence-electron chi connectivity index (χ0n) is 11.0. The second-order valence-corrected chi connectivity index (χ2v) is 4.09. The highest BCUT2D eigenvalue weighted by atomic mass is 16.5. The lowest BCUT2D eigenvalue weighted by Crippen LogP contribution is -2.03. The van der Waals surface area contributed by atoms with Crippen molar-refractivity contribution in [1.29, 1.82) is 0 Å². The maximum absolute atomic E-state index is 11.0. The summed E-state index contributed by atoms with van der Waals surface area (Å²) in [5.41, 5.74) is 2.15. The van der Waals surface area contributed by atoms with Gasteiger partial charge >= 0.3 is 0 Å². The van der Waals surface area contributed by atoms with E-state index in [-0.39, 0.29) is 0 Å². The van der Waals surface area contributed by atoms with Crippen molar-refractivity contribution in [2.45, 2.75) is 0 Å². The van der Waals surface area contributed by atoms with Crippen LogP contribution in [0.1, 0.15) is 10.4 Å². The Morgan fingerprint density at radius 2 is 2.00 bits per heavy atom. The highest BCUT2D eigenvalue weighted by molar-refractivity contribution is 5.85. The summed E-state index contributed by atoms with van der Waals surface area (Å²) in [7, 11) is 3.42. The van der Waals surface area contributed by atoms with E-state index in [1.54, 1.807) is 25.0 Å². The van der Waals surface area contributed by atoms with Crippen molar-refractivity contribution in [2.24, 2.45) is 7.05 Å². The van der Waals surface area contributed by atoms with E-state index in [1.807, 2.05) is 24.3 Å². The van der Waals surface area contributed by atoms with Crippen molar-refractivity contribution in [3.8, 4) is 17.0 Å². The maximum atomic E-state index is 11.0. The van der Waals surface area contributed by atoms with Crippen LogP contribution in [0.3, 0.4) is 0 Å². The molecule has 19 heavy (non-hydrogen) atoms. The molecule has 1 aromatic carbocycles. The molecule has 0 saturated heterocycles. The van der Waals surface area contributed by atoms with Crippen LogP contribution in [0, 0.1) is 0 Å². The molecule has 5 nitrogen and oxygen atoms in total. The highest BCUT2D eigenvalue weighted by Crippen LogP contribution is 2.23. The molecule has 0 unspecified atom stereocenters. The highest BCUT2D eigenvalue weighted by Gasteiger charge is 2.09. The van der Waals surface area contributed by atoms with Crippen molar-refractivity contribution in [3.05, 3.63) is 36.0 Å². The minimum Gasteiger partial charge on any atom is -0.491 e. The average Bonchev–Trinajstić information content (AvgIpc) is 2.81. The van der Waals surface area contributed by atoms with Gasteiger partial charge in [0.25, 0.3) is 0 Å². The summed E-state index contributed by atoms with van der Waals surface area (Å²) in [5.74, 6) is 0.768. The van der Waals surface area contributed by atoms with Crippen molar-refractivity contribution in [2.75, 3.05) is 20.3 Å². The Morgan fingerprint density at radius 1 is 1.26 bits per heavy atom. The fourth-order valence-electron chi connectivity index (χ4n) is 1.77. The van der Waals surface area contributed by atoms with Crippen LogP contribution >= 0.6 is 0 Å². The van der Waals surface area contributed by atoms with E-state index in [0.29, 0.717) is 24.5 Å². The van der Waals surface area contributed by atoms with Crippen LogP contribution in [0.15, 0.2) is 30.5 Å². The molecule has 0 saturated carbocycles. The number of methoxy groups -OCH3 is 1. The first-order valence-electron chi connectivity index (χ1n) is 5.95. The van der Waals surface area contributed by atoms with Crippen LogP contribution in [0.25, 0.3) is 11.3 Å². The Hall–Kier alpha value is -2.14. The normalized spacial score (nSPS) is 10.4. The molecule has 0 N–H and O–H groups in total. The van der Waals surface area contributed by atoms with Gasteiger partial charge in [0.15, 0.2) is 6.29 Å². The number of hydrogen-bond donors (Lipinski definition) is 0. The standard InChI is InChI=1S/C14H16N2O3/c1-16-9-12(10-17)14(15-16)11-3-5-13(6-4-11)19-8-7-18-2/h3-6,9-10H,7-8H2,1-2H3. The monoisotopic (exact) mass is 260 g/mol. The summed E-state index contributed by atoms with van der Waals surface area (Å²) in [6, 6.07) is 7.48. The number of hydrogen-bond acceptors (Lipinski definition) is 4. The molecule has 0 atom stereocenters. The Morgan fingerprint density at radius 3 is 2.63 bits per heavy atom. The van der Waals surface area contributed by atoms with Gasteiger partial charge in [-0.15, -0.1) is 0 Å². The smallest absolute Gasteiger partial charge is 0.153 e. The quantitative estimate of drug-likeness (QED) is 0.588. The minimum atomic E-state index is 0.513. The second kappa shape index (κ2) is 6.15. The Labute approximate surface area is 111 Å². The fraction of sp³-hybridized carbons (Fsp3) is 0.286. The molecule has 0 bridgehead atoms. The number of ether oxygens (including phenoxy) is 2. The van der Waals surface area contributed by atoms with Crippen LogP contribution in [0.4, 0.5) is 0 Å². The molecule has 100 valence electrons. The van der Waals surface area contributed by atoms with Gasteiger partial charge in [0.2, 0.25) is 0 Å². The Bertz CT molecular complexity index is 546. The summed E-state index contributed by atoms with van der Waals surface area (Å²) in [5, 5.41) is 4.28. The van der Waals surface area contributed by atoms with Gasteiger partial charge in [-0.25, -0.2) is 0 Å². The molecule has 2 aromatic rings. The summed E-state index contributed by atoms with van der Waals surface area (Å²) in [4.78, 5) is 11.0. The minimum absolute atomic E-state index is 0.513. The Balaban J connectivity index is 2.15. The van der Waals surface area contributed by atoms with E-state index in [1.165, 1.54) is 0 Å². The largest absolute Gasteiger partial charge is 0.491 e. The first kappa shape index (κ1) is 13.3. The van der Waals surface area contributed by atoms with Gasteiger partial charge in [0.05, 0.1) is 12.2 Å². The zero-order chi connectivity index (χ0) is 13.7. The molecule has 0 fully saturated rings. The average molecular weight is 260 g/mol. The van der Waals surface area contributed by atoms with Crippen LogP contribution < -0.4 is 4.74 Å². The molecule has 0 radical (unpaired) electrons. The van der Waals surface area contributed by atoms with Crippen molar-refractivity contribution < 1.29 is 14.3 Å². The molecule has 5 heteroatoms. The number of nitrogens with zero attached hydrogens (tertiary/aromatic N) is 2. The number of aldehydes is 1. The lowest BCUT2D eigenvalue weighted by molar-refractivity contribution is 0.112. The van der Waals surface area contributed by atoms with Gasteiger partial charge in [-0.3, -0.25) is 9.48 Å². The third-order valence-corrected chi connectivity index (χ3v) is 2.67. The molecule has 1 aromatic heterocycles. The van der Waals surface area contributed by atoms with Crippen LogP contribution in [-0.2, 0) is 11.8 Å². The number of carbonyl (C=O) groups excluding carboxylic acids is 1. The zero-order valence-corrected chi connectivity index (χ0v) is 11.0. The fourth-order valence-corrected chi connectivity index (χ4v) is 1.77. The molecule has 1 heterocycles. The van der Waals surface area contributed by atoms with Gasteiger partial charge in [0, 0.05) is 25.9 Å². The summed E-state index contributed by atoms with van der Waals surface area (Å²) in [6.45, 7) is 1.07. The number of aryl methyl sites for hydroxylation is 1. The van der Waals surface area contributed by atoms with E-state index in [0.717, 1.165) is 17.6 Å². The van der Waals surface area contributed by atoms with Crippen LogP contribution in [0.2, 0.25) is 0 Å². The van der Waals surface area contributed by atoms with Gasteiger partial charge in [0.1, 0.15) is 18.1 Å². The van der Waals surface area contributed by atoms with Crippen molar-refractivity contribution in [3.63, 3.8) is 0 Å². The van der Waals surface area contributed by atoms with Gasteiger partial charge < -0.3 is 9.47 Å².